The highest BCUT2D eigenvalue weighted by molar-refractivity contribution is 7.91. The van der Waals surface area contributed by atoms with E-state index < -0.39 is 37.0 Å². The predicted molar refractivity (Wildman–Crippen MR) is 139 cm³/mol. The summed E-state index contributed by atoms with van der Waals surface area (Å²) < 4.78 is 33.4. The molecule has 2 heterocycles. The number of fused-ring (bicyclic) bond motifs is 1. The van der Waals surface area contributed by atoms with Gasteiger partial charge in [0.15, 0.2) is 5.03 Å². The summed E-state index contributed by atoms with van der Waals surface area (Å²) in [7, 11) is -4.36. The minimum atomic E-state index is -4.36. The monoisotopic (exact) mass is 562 g/mol. The van der Waals surface area contributed by atoms with Gasteiger partial charge >= 0.3 is 6.09 Å². The third kappa shape index (κ3) is 5.33. The molecule has 0 spiro atoms. The Hall–Kier alpha value is -3.81. The highest BCUT2D eigenvalue weighted by Crippen LogP contribution is 2.34. The Bertz CT molecular complexity index is 1690. The summed E-state index contributed by atoms with van der Waals surface area (Å²) in [5.74, 6) is 0. The fourth-order valence-electron chi connectivity index (χ4n) is 3.33. The van der Waals surface area contributed by atoms with Gasteiger partial charge in [-0.3, -0.25) is 20.2 Å². The molecule has 0 saturated carbocycles. The molecule has 0 saturated heterocycles. The molecule has 0 unspecified atom stereocenters. The number of amides is 1. The predicted octanol–water partition coefficient (Wildman–Crippen LogP) is 5.19. The van der Waals surface area contributed by atoms with E-state index in [1.165, 1.54) is 29.6 Å². The lowest BCUT2D eigenvalue weighted by atomic mass is 10.2. The second-order valence-corrected chi connectivity index (χ2v) is 11.9. The van der Waals surface area contributed by atoms with Crippen molar-refractivity contribution in [3.05, 3.63) is 79.4 Å². The molecule has 0 aliphatic rings. The lowest BCUT2D eigenvalue weighted by Crippen LogP contribution is -2.28. The van der Waals surface area contributed by atoms with Crippen LogP contribution in [0.4, 0.5) is 15.5 Å². The van der Waals surface area contributed by atoms with E-state index in [1.807, 2.05) is 0 Å². The lowest BCUT2D eigenvalue weighted by Gasteiger charge is -2.19. The van der Waals surface area contributed by atoms with Gasteiger partial charge in [0.2, 0.25) is 9.84 Å². The third-order valence-corrected chi connectivity index (χ3v) is 7.77. The smallest absolute Gasteiger partial charge is 0.412 e. The zero-order valence-electron chi connectivity index (χ0n) is 19.6. The molecule has 0 fully saturated rings. The number of thiophene rings is 1. The van der Waals surface area contributed by atoms with Gasteiger partial charge < -0.3 is 4.74 Å². The Balaban J connectivity index is 1.95. The van der Waals surface area contributed by atoms with Crippen LogP contribution in [0.25, 0.3) is 16.5 Å². The maximum atomic E-state index is 13.6. The number of rotatable bonds is 5. The van der Waals surface area contributed by atoms with Gasteiger partial charge in [-0.1, -0.05) is 11.6 Å². The molecule has 1 amide bonds. The first-order valence-corrected chi connectivity index (χ1v) is 13.3. The van der Waals surface area contributed by atoms with Gasteiger partial charge in [-0.2, -0.15) is 9.78 Å². The highest BCUT2D eigenvalue weighted by Gasteiger charge is 2.29. The average Bonchev–Trinajstić information content (AvgIpc) is 3.22. The van der Waals surface area contributed by atoms with E-state index in [0.717, 1.165) is 40.3 Å². The first-order valence-electron chi connectivity index (χ1n) is 10.6. The molecule has 0 bridgehead atoms. The molecule has 14 heteroatoms. The highest BCUT2D eigenvalue weighted by atomic mass is 35.5. The fraction of sp³-hybridized carbons (Fsp3) is 0.174. The number of halogens is 1. The number of aromatic nitrogens is 2. The SMILES string of the molecule is CC(C)(C)OC(=O)Nc1scc2c(S(=O)(=O)c3ccc([N+](=O)[O-])cc3)nn(-c3ccc(Cl)cc3)c(=O)c12. The number of sulfone groups is 1. The minimum Gasteiger partial charge on any atom is -0.444 e. The van der Waals surface area contributed by atoms with Gasteiger partial charge in [0.25, 0.3) is 11.2 Å². The van der Waals surface area contributed by atoms with Crippen molar-refractivity contribution in [2.45, 2.75) is 36.3 Å². The van der Waals surface area contributed by atoms with E-state index in [-0.39, 0.29) is 32.0 Å². The quantitative estimate of drug-likeness (QED) is 0.258. The number of anilines is 1. The van der Waals surface area contributed by atoms with Crippen molar-refractivity contribution in [3.63, 3.8) is 0 Å². The summed E-state index contributed by atoms with van der Waals surface area (Å²) in [5.41, 5.74) is -1.56. The second kappa shape index (κ2) is 9.57. The Morgan fingerprint density at radius 2 is 1.76 bits per heavy atom. The van der Waals surface area contributed by atoms with Crippen molar-refractivity contribution in [1.82, 2.24) is 9.78 Å². The van der Waals surface area contributed by atoms with Gasteiger partial charge in [-0.05, 0) is 57.2 Å². The molecule has 0 atom stereocenters. The van der Waals surface area contributed by atoms with Crippen LogP contribution in [0.2, 0.25) is 5.02 Å². The minimum absolute atomic E-state index is 0.0235. The standard InChI is InChI=1S/C23H19ClN4O7S2/c1-23(2,3)35-22(30)25-19-18-17(12-36-19)20(26-27(21(18)29)14-6-4-13(24)5-7-14)37(33,34)16-10-8-15(9-11-16)28(31)32/h4-12H,1-3H3,(H,25,30). The lowest BCUT2D eigenvalue weighted by molar-refractivity contribution is -0.384. The van der Waals surface area contributed by atoms with E-state index in [9.17, 15) is 28.1 Å². The zero-order chi connectivity index (χ0) is 27.1. The normalized spacial score (nSPS) is 11.9. The Morgan fingerprint density at radius 1 is 1.14 bits per heavy atom. The third-order valence-electron chi connectivity index (χ3n) is 4.92. The molecule has 0 aliphatic heterocycles. The molecule has 0 radical (unpaired) electrons. The average molecular weight is 563 g/mol. The van der Waals surface area contributed by atoms with Crippen LogP contribution in [-0.4, -0.2) is 34.8 Å². The number of carbonyl (C=O) groups excluding carboxylic acids is 1. The van der Waals surface area contributed by atoms with Gasteiger partial charge in [0.05, 0.1) is 20.9 Å². The number of nitro benzene ring substituents is 1. The first-order chi connectivity index (χ1) is 17.3. The van der Waals surface area contributed by atoms with Crippen molar-refractivity contribution in [2.75, 3.05) is 5.32 Å². The number of nitro groups is 1. The maximum Gasteiger partial charge on any atom is 0.412 e. The number of benzene rings is 2. The number of nitrogens with zero attached hydrogens (tertiary/aromatic N) is 3. The van der Waals surface area contributed by atoms with Crippen LogP contribution in [0.3, 0.4) is 0 Å². The molecule has 37 heavy (non-hydrogen) atoms. The molecule has 4 aromatic rings. The number of hydrogen-bond acceptors (Lipinski definition) is 9. The van der Waals surface area contributed by atoms with Crippen LogP contribution in [0.1, 0.15) is 20.8 Å². The van der Waals surface area contributed by atoms with Crippen LogP contribution < -0.4 is 10.9 Å². The second-order valence-electron chi connectivity index (χ2n) is 8.73. The van der Waals surface area contributed by atoms with Crippen LogP contribution in [0.15, 0.2) is 68.6 Å². The number of carbonyl (C=O) groups is 1. The van der Waals surface area contributed by atoms with Crippen molar-refractivity contribution in [1.29, 1.82) is 0 Å². The maximum absolute atomic E-state index is 13.6. The van der Waals surface area contributed by atoms with Crippen LogP contribution in [0, 0.1) is 10.1 Å². The Labute approximate surface area is 219 Å². The van der Waals surface area contributed by atoms with Gasteiger partial charge in [0, 0.05) is 27.9 Å². The topological polar surface area (TPSA) is 150 Å². The molecule has 2 aromatic heterocycles. The summed E-state index contributed by atoms with van der Waals surface area (Å²) in [5, 5.41) is 18.9. The summed E-state index contributed by atoms with van der Waals surface area (Å²) in [6.07, 6.45) is -0.828. The van der Waals surface area contributed by atoms with Crippen molar-refractivity contribution in [2.24, 2.45) is 0 Å². The van der Waals surface area contributed by atoms with Crippen molar-refractivity contribution < 1.29 is 22.9 Å². The molecular formula is C23H19ClN4O7S2. The van der Waals surface area contributed by atoms with Crippen LogP contribution >= 0.6 is 22.9 Å². The molecule has 1 N–H and O–H groups in total. The molecule has 11 nitrogen and oxygen atoms in total. The molecule has 192 valence electrons. The Kier molecular flexibility index (Phi) is 6.79. The molecule has 4 rings (SSSR count). The van der Waals surface area contributed by atoms with E-state index in [1.54, 1.807) is 20.8 Å². The van der Waals surface area contributed by atoms with E-state index in [0.29, 0.717) is 5.02 Å². The number of nitrogens with one attached hydrogen (secondary N) is 1. The van der Waals surface area contributed by atoms with Crippen molar-refractivity contribution in [3.8, 4) is 5.69 Å². The first kappa shape index (κ1) is 26.3. The summed E-state index contributed by atoms with van der Waals surface area (Å²) in [6, 6.07) is 10.3. The van der Waals surface area contributed by atoms with E-state index >= 15 is 0 Å². The number of hydrogen-bond donors (Lipinski definition) is 1. The van der Waals surface area contributed by atoms with Crippen LogP contribution in [-0.2, 0) is 14.6 Å². The Morgan fingerprint density at radius 3 is 2.32 bits per heavy atom. The van der Waals surface area contributed by atoms with Crippen molar-refractivity contribution >= 4 is 60.3 Å². The van der Waals surface area contributed by atoms with Gasteiger partial charge in [-0.15, -0.1) is 11.3 Å². The molecule has 2 aromatic carbocycles. The number of ether oxygens (including phenoxy) is 1. The largest absolute Gasteiger partial charge is 0.444 e. The molecule has 0 aliphatic carbocycles. The summed E-state index contributed by atoms with van der Waals surface area (Å²) in [4.78, 5) is 36.0. The molecular weight excluding hydrogens is 544 g/mol. The van der Waals surface area contributed by atoms with Gasteiger partial charge in [-0.25, -0.2) is 13.2 Å². The zero-order valence-corrected chi connectivity index (χ0v) is 22.0. The van der Waals surface area contributed by atoms with E-state index in [4.69, 9.17) is 16.3 Å². The van der Waals surface area contributed by atoms with E-state index in [2.05, 4.69) is 10.4 Å². The fourth-order valence-corrected chi connectivity index (χ4v) is 5.81. The van der Waals surface area contributed by atoms with Gasteiger partial charge in [0.1, 0.15) is 10.6 Å². The summed E-state index contributed by atoms with van der Waals surface area (Å²) >= 11 is 6.89. The summed E-state index contributed by atoms with van der Waals surface area (Å²) in [6.45, 7) is 5.02. The number of non-ortho nitro benzene ring substituents is 1. The van der Waals surface area contributed by atoms with Crippen LogP contribution in [0.5, 0.6) is 0 Å².